The molecule has 0 saturated carbocycles. The third kappa shape index (κ3) is 3.33. The van der Waals surface area contributed by atoms with Crippen molar-refractivity contribution < 1.29 is 0 Å². The van der Waals surface area contributed by atoms with E-state index in [0.29, 0.717) is 0 Å². The minimum absolute atomic E-state index is 0.969. The zero-order valence-corrected chi connectivity index (χ0v) is 8.17. The van der Waals surface area contributed by atoms with Crippen molar-refractivity contribution >= 4 is 5.57 Å². The number of nitrogens with zero attached hydrogens (tertiary/aromatic N) is 1. The van der Waals surface area contributed by atoms with E-state index in [2.05, 4.69) is 18.5 Å². The average Bonchev–Trinajstić information content (AvgIpc) is 2.21. The van der Waals surface area contributed by atoms with Crippen molar-refractivity contribution in [3.05, 3.63) is 36.7 Å². The molecule has 12 heavy (non-hydrogen) atoms. The van der Waals surface area contributed by atoms with Gasteiger partial charge in [-0.3, -0.25) is 4.98 Å². The Morgan fingerprint density at radius 3 is 2.50 bits per heavy atom. The molecule has 0 N–H and O–H groups in total. The lowest BCUT2D eigenvalue weighted by Gasteiger charge is -1.98. The standard InChI is InChI=1S/C9H11N.C2H6/c1-3-8(2)9-6-4-5-7-10-9;1-2/h4-7H,2-3H2,1H3;1-2H3. The maximum atomic E-state index is 4.15. The van der Waals surface area contributed by atoms with Gasteiger partial charge in [0.05, 0.1) is 5.69 Å². The van der Waals surface area contributed by atoms with Crippen LogP contribution in [0.25, 0.3) is 5.57 Å². The SMILES string of the molecule is C=C(CC)c1ccccn1.CC. The second-order valence-corrected chi connectivity index (χ2v) is 2.17. The van der Waals surface area contributed by atoms with E-state index in [4.69, 9.17) is 0 Å². The molecule has 66 valence electrons. The van der Waals surface area contributed by atoms with Crippen LogP contribution in [0.5, 0.6) is 0 Å². The maximum Gasteiger partial charge on any atom is 0.0655 e. The van der Waals surface area contributed by atoms with E-state index in [1.807, 2.05) is 32.0 Å². The normalized spacial score (nSPS) is 8.25. The zero-order chi connectivity index (χ0) is 9.40. The van der Waals surface area contributed by atoms with Crippen molar-refractivity contribution in [2.75, 3.05) is 0 Å². The quantitative estimate of drug-likeness (QED) is 0.650. The molecule has 0 amide bonds. The molecule has 0 aliphatic heterocycles. The Morgan fingerprint density at radius 1 is 1.42 bits per heavy atom. The molecule has 0 atom stereocenters. The van der Waals surface area contributed by atoms with Gasteiger partial charge in [-0.05, 0) is 24.1 Å². The molecule has 1 nitrogen and oxygen atoms in total. The van der Waals surface area contributed by atoms with Crippen LogP contribution in [0.15, 0.2) is 31.0 Å². The number of pyridine rings is 1. The summed E-state index contributed by atoms with van der Waals surface area (Å²) in [5.41, 5.74) is 2.10. The highest BCUT2D eigenvalue weighted by molar-refractivity contribution is 5.59. The molecular weight excluding hydrogens is 146 g/mol. The van der Waals surface area contributed by atoms with Gasteiger partial charge >= 0.3 is 0 Å². The lowest BCUT2D eigenvalue weighted by Crippen LogP contribution is -1.83. The fraction of sp³-hybridized carbons (Fsp3) is 0.364. The summed E-state index contributed by atoms with van der Waals surface area (Å²) >= 11 is 0. The van der Waals surface area contributed by atoms with Crippen LogP contribution in [0, 0.1) is 0 Å². The summed E-state index contributed by atoms with van der Waals surface area (Å²) < 4.78 is 0. The van der Waals surface area contributed by atoms with Gasteiger partial charge in [0.25, 0.3) is 0 Å². The Balaban J connectivity index is 0.000000561. The van der Waals surface area contributed by atoms with Crippen molar-refractivity contribution in [3.63, 3.8) is 0 Å². The second-order valence-electron chi connectivity index (χ2n) is 2.17. The van der Waals surface area contributed by atoms with Crippen LogP contribution >= 0.6 is 0 Å². The van der Waals surface area contributed by atoms with Crippen molar-refractivity contribution in [2.24, 2.45) is 0 Å². The third-order valence-corrected chi connectivity index (χ3v) is 1.45. The molecule has 0 radical (unpaired) electrons. The Hall–Kier alpha value is -1.11. The van der Waals surface area contributed by atoms with Crippen molar-refractivity contribution in [1.29, 1.82) is 0 Å². The maximum absolute atomic E-state index is 4.15. The predicted octanol–water partition coefficient (Wildman–Crippen LogP) is 3.53. The van der Waals surface area contributed by atoms with Gasteiger partial charge in [-0.25, -0.2) is 0 Å². The van der Waals surface area contributed by atoms with Gasteiger partial charge in [0.1, 0.15) is 0 Å². The van der Waals surface area contributed by atoms with E-state index in [9.17, 15) is 0 Å². The van der Waals surface area contributed by atoms with Crippen LogP contribution in [0.3, 0.4) is 0 Å². The summed E-state index contributed by atoms with van der Waals surface area (Å²) in [6.07, 6.45) is 2.76. The molecule has 1 aromatic heterocycles. The van der Waals surface area contributed by atoms with Gasteiger partial charge in [0, 0.05) is 6.20 Å². The Morgan fingerprint density at radius 2 is 2.08 bits per heavy atom. The average molecular weight is 163 g/mol. The molecule has 0 aliphatic carbocycles. The predicted molar refractivity (Wildman–Crippen MR) is 54.9 cm³/mol. The van der Waals surface area contributed by atoms with E-state index >= 15 is 0 Å². The van der Waals surface area contributed by atoms with Crippen LogP contribution < -0.4 is 0 Å². The topological polar surface area (TPSA) is 12.9 Å². The van der Waals surface area contributed by atoms with Crippen molar-refractivity contribution in [2.45, 2.75) is 27.2 Å². The van der Waals surface area contributed by atoms with E-state index in [-0.39, 0.29) is 0 Å². The van der Waals surface area contributed by atoms with Gasteiger partial charge < -0.3 is 0 Å². The van der Waals surface area contributed by atoms with E-state index in [1.54, 1.807) is 6.20 Å². The summed E-state index contributed by atoms with van der Waals surface area (Å²) in [6, 6.07) is 5.86. The van der Waals surface area contributed by atoms with Crippen LogP contribution in [0.1, 0.15) is 32.9 Å². The first-order valence-electron chi connectivity index (χ1n) is 4.43. The number of hydrogen-bond acceptors (Lipinski definition) is 1. The Kier molecular flexibility index (Phi) is 5.98. The lowest BCUT2D eigenvalue weighted by atomic mass is 10.1. The summed E-state index contributed by atoms with van der Waals surface area (Å²) in [7, 11) is 0. The first kappa shape index (κ1) is 10.9. The highest BCUT2D eigenvalue weighted by Gasteiger charge is 1.93. The molecule has 0 aromatic carbocycles. The molecule has 1 heterocycles. The summed E-state index contributed by atoms with van der Waals surface area (Å²) in [4.78, 5) is 4.15. The fourth-order valence-electron chi connectivity index (χ4n) is 0.753. The summed E-state index contributed by atoms with van der Waals surface area (Å²) in [5, 5.41) is 0. The number of hydrogen-bond donors (Lipinski definition) is 0. The molecular formula is C11H17N. The number of rotatable bonds is 2. The first-order chi connectivity index (χ1) is 5.84. The lowest BCUT2D eigenvalue weighted by molar-refractivity contribution is 1.18. The molecule has 0 spiro atoms. The first-order valence-corrected chi connectivity index (χ1v) is 4.43. The molecule has 0 unspecified atom stereocenters. The molecule has 1 heteroatoms. The van der Waals surface area contributed by atoms with Gasteiger partial charge in [-0.15, -0.1) is 0 Å². The van der Waals surface area contributed by atoms with E-state index < -0.39 is 0 Å². The van der Waals surface area contributed by atoms with Crippen LogP contribution in [0.4, 0.5) is 0 Å². The highest BCUT2D eigenvalue weighted by atomic mass is 14.7. The largest absolute Gasteiger partial charge is 0.257 e. The Bertz CT molecular complexity index is 214. The minimum Gasteiger partial charge on any atom is -0.257 e. The van der Waals surface area contributed by atoms with Crippen molar-refractivity contribution in [1.82, 2.24) is 4.98 Å². The molecule has 0 saturated heterocycles. The monoisotopic (exact) mass is 163 g/mol. The van der Waals surface area contributed by atoms with Gasteiger partial charge in [-0.2, -0.15) is 0 Å². The minimum atomic E-state index is 0.969. The summed E-state index contributed by atoms with van der Waals surface area (Å²) in [5.74, 6) is 0. The third-order valence-electron chi connectivity index (χ3n) is 1.45. The van der Waals surface area contributed by atoms with Crippen LogP contribution in [-0.2, 0) is 0 Å². The smallest absolute Gasteiger partial charge is 0.0655 e. The van der Waals surface area contributed by atoms with E-state index in [1.165, 1.54) is 0 Å². The molecule has 1 rings (SSSR count). The second kappa shape index (κ2) is 6.59. The zero-order valence-electron chi connectivity index (χ0n) is 8.17. The van der Waals surface area contributed by atoms with Gasteiger partial charge in [0.15, 0.2) is 0 Å². The van der Waals surface area contributed by atoms with E-state index in [0.717, 1.165) is 17.7 Å². The van der Waals surface area contributed by atoms with Gasteiger partial charge in [0.2, 0.25) is 0 Å². The molecule has 0 fully saturated rings. The molecule has 0 aliphatic rings. The van der Waals surface area contributed by atoms with Gasteiger partial charge in [-0.1, -0.05) is 33.4 Å². The van der Waals surface area contributed by atoms with Crippen LogP contribution in [0.2, 0.25) is 0 Å². The van der Waals surface area contributed by atoms with Crippen molar-refractivity contribution in [3.8, 4) is 0 Å². The highest BCUT2D eigenvalue weighted by Crippen LogP contribution is 2.10. The summed E-state index contributed by atoms with van der Waals surface area (Å²) in [6.45, 7) is 9.96. The fourth-order valence-corrected chi connectivity index (χ4v) is 0.753. The van der Waals surface area contributed by atoms with Crippen LogP contribution in [-0.4, -0.2) is 4.98 Å². The molecule has 1 aromatic rings. The molecule has 0 bridgehead atoms. The Labute approximate surface area is 75.2 Å². The number of aromatic nitrogens is 1. The number of allylic oxidation sites excluding steroid dienone is 1.